The summed E-state index contributed by atoms with van der Waals surface area (Å²) in [7, 11) is 0. The smallest absolute Gasteiger partial charge is 0.416 e. The summed E-state index contributed by atoms with van der Waals surface area (Å²) < 4.78 is 43.8. The lowest BCUT2D eigenvalue weighted by Crippen LogP contribution is -2.20. The molecule has 0 spiro atoms. The van der Waals surface area contributed by atoms with E-state index in [1.807, 2.05) is 13.0 Å². The molecule has 0 fully saturated rings. The van der Waals surface area contributed by atoms with E-state index < -0.39 is 17.7 Å². The van der Waals surface area contributed by atoms with E-state index in [9.17, 15) is 22.8 Å². The summed E-state index contributed by atoms with van der Waals surface area (Å²) in [6.07, 6.45) is -3.53. The number of alkyl halides is 3. The van der Waals surface area contributed by atoms with Gasteiger partial charge in [-0.05, 0) is 37.3 Å². The molecule has 2 heterocycles. The van der Waals surface area contributed by atoms with Gasteiger partial charge in [-0.3, -0.25) is 4.79 Å². The number of hydrogen-bond acceptors (Lipinski definition) is 6. The van der Waals surface area contributed by atoms with Crippen molar-refractivity contribution in [1.82, 2.24) is 4.98 Å². The first-order valence-corrected chi connectivity index (χ1v) is 11.4. The molecule has 33 heavy (non-hydrogen) atoms. The maximum absolute atomic E-state index is 12.8. The minimum Gasteiger partial charge on any atom is -0.488 e. The summed E-state index contributed by atoms with van der Waals surface area (Å²) in [5.41, 5.74) is 1.08. The lowest BCUT2D eigenvalue weighted by atomic mass is 10.0. The number of aryl methyl sites for hydroxylation is 1. The Morgan fingerprint density at radius 3 is 2.64 bits per heavy atom. The molecule has 0 radical (unpaired) electrons. The Balaban J connectivity index is 1.50. The number of halogens is 3. The van der Waals surface area contributed by atoms with Crippen LogP contribution in [0.1, 0.15) is 26.5 Å². The van der Waals surface area contributed by atoms with Crippen LogP contribution in [0.25, 0.3) is 10.6 Å². The average Bonchev–Trinajstić information content (AvgIpc) is 3.14. The topological polar surface area (TPSA) is 76.5 Å². The summed E-state index contributed by atoms with van der Waals surface area (Å²) >= 11 is 2.87. The van der Waals surface area contributed by atoms with Gasteiger partial charge in [0.05, 0.1) is 16.8 Å². The Kier molecular flexibility index (Phi) is 6.31. The largest absolute Gasteiger partial charge is 0.488 e. The molecular weight excluding hydrogens is 475 g/mol. The van der Waals surface area contributed by atoms with Gasteiger partial charge in [-0.2, -0.15) is 13.2 Å². The van der Waals surface area contributed by atoms with Crippen LogP contribution in [0.2, 0.25) is 0 Å². The molecule has 1 aromatic heterocycles. The highest BCUT2D eigenvalue weighted by molar-refractivity contribution is 7.98. The number of benzene rings is 2. The minimum atomic E-state index is -4.38. The van der Waals surface area contributed by atoms with Gasteiger partial charge in [-0.25, -0.2) is 9.78 Å². The molecule has 1 N–H and O–H groups in total. The molecule has 0 amide bonds. The van der Waals surface area contributed by atoms with Crippen LogP contribution >= 0.6 is 23.1 Å². The highest BCUT2D eigenvalue weighted by Gasteiger charge is 2.30. The molecular formula is C23H16F3NO4S2. The van der Waals surface area contributed by atoms with Crippen molar-refractivity contribution >= 4 is 34.9 Å². The number of aliphatic carboxylic acids is 1. The van der Waals surface area contributed by atoms with E-state index >= 15 is 0 Å². The highest BCUT2D eigenvalue weighted by Crippen LogP contribution is 2.36. The molecule has 0 unspecified atom stereocenters. The van der Waals surface area contributed by atoms with Crippen molar-refractivity contribution in [3.8, 4) is 16.3 Å². The molecule has 0 saturated carbocycles. The second kappa shape index (κ2) is 9.03. The minimum absolute atomic E-state index is 0.0802. The molecule has 0 saturated heterocycles. The zero-order chi connectivity index (χ0) is 23.8. The average molecular weight is 492 g/mol. The summed E-state index contributed by atoms with van der Waals surface area (Å²) in [5, 5.41) is 9.55. The molecule has 5 nitrogen and oxygen atoms in total. The van der Waals surface area contributed by atoms with Crippen LogP contribution in [-0.2, 0) is 16.7 Å². The molecule has 10 heteroatoms. The third-order valence-electron chi connectivity index (χ3n) is 4.89. The van der Waals surface area contributed by atoms with Gasteiger partial charge in [0, 0.05) is 32.7 Å². The standard InChI is InChI=1S/C23H16F3NO4S2/c1-12-19(33-22(27-12)13-2-4-15(5-3-13)23(24,25)26)11-32-16-6-7-18-17(9-16)21(30)14(10-31-18)8-20(28)29/h2-9H,10-11H2,1H3,(H,28,29). The van der Waals surface area contributed by atoms with Gasteiger partial charge in [-0.1, -0.05) is 12.1 Å². The maximum Gasteiger partial charge on any atom is 0.416 e. The fraction of sp³-hybridized carbons (Fsp3) is 0.174. The first kappa shape index (κ1) is 23.1. The molecule has 4 rings (SSSR count). The van der Waals surface area contributed by atoms with Crippen molar-refractivity contribution in [2.45, 2.75) is 23.7 Å². The van der Waals surface area contributed by atoms with Crippen molar-refractivity contribution in [3.05, 3.63) is 75.8 Å². The number of carboxylic acid groups (broad SMARTS) is 1. The lowest BCUT2D eigenvalue weighted by molar-refractivity contribution is -0.137. The summed E-state index contributed by atoms with van der Waals surface area (Å²) in [6.45, 7) is 1.75. The third-order valence-corrected chi connectivity index (χ3v) is 7.30. The number of carbonyl (C=O) groups is 2. The number of nitrogens with zero attached hydrogens (tertiary/aromatic N) is 1. The van der Waals surface area contributed by atoms with Gasteiger partial charge >= 0.3 is 12.1 Å². The number of Topliss-reactive ketones (excluding diaryl/α,β-unsaturated/α-hetero) is 1. The number of ketones is 1. The van der Waals surface area contributed by atoms with E-state index in [4.69, 9.17) is 9.84 Å². The zero-order valence-corrected chi connectivity index (χ0v) is 18.7. The Morgan fingerprint density at radius 2 is 1.97 bits per heavy atom. The van der Waals surface area contributed by atoms with Crippen molar-refractivity contribution in [2.75, 3.05) is 6.61 Å². The fourth-order valence-corrected chi connectivity index (χ4v) is 5.34. The number of rotatable bonds is 5. The Bertz CT molecular complexity index is 1260. The molecule has 1 aliphatic heterocycles. The number of ether oxygens (including phenoxy) is 1. The fourth-order valence-electron chi connectivity index (χ4n) is 3.19. The van der Waals surface area contributed by atoms with Crippen LogP contribution in [0.5, 0.6) is 5.75 Å². The van der Waals surface area contributed by atoms with Gasteiger partial charge in [0.1, 0.15) is 17.4 Å². The monoisotopic (exact) mass is 491 g/mol. The highest BCUT2D eigenvalue weighted by atomic mass is 32.2. The second-order valence-corrected chi connectivity index (χ2v) is 9.31. The molecule has 170 valence electrons. The number of thioether (sulfide) groups is 1. The number of thiazole rings is 1. The maximum atomic E-state index is 12.8. The quantitative estimate of drug-likeness (QED) is 0.348. The first-order chi connectivity index (χ1) is 15.6. The van der Waals surface area contributed by atoms with Crippen LogP contribution < -0.4 is 4.74 Å². The van der Waals surface area contributed by atoms with Crippen LogP contribution in [-0.4, -0.2) is 28.4 Å². The van der Waals surface area contributed by atoms with Crippen molar-refractivity contribution in [2.24, 2.45) is 0 Å². The van der Waals surface area contributed by atoms with Gasteiger partial charge < -0.3 is 9.84 Å². The molecule has 0 atom stereocenters. The number of carboxylic acids is 1. The van der Waals surface area contributed by atoms with E-state index in [-0.39, 0.29) is 18.0 Å². The number of carbonyl (C=O) groups excluding carboxylic acids is 1. The Labute approximate surface area is 194 Å². The summed E-state index contributed by atoms with van der Waals surface area (Å²) in [6, 6.07) is 10.1. The SMILES string of the molecule is Cc1nc(-c2ccc(C(F)(F)F)cc2)sc1CSc1ccc2c(c1)C(=O)C(=CC(=O)O)CO2. The summed E-state index contributed by atoms with van der Waals surface area (Å²) in [4.78, 5) is 29.7. The van der Waals surface area contributed by atoms with Crippen molar-refractivity contribution in [1.29, 1.82) is 0 Å². The van der Waals surface area contributed by atoms with Gasteiger partial charge in [-0.15, -0.1) is 23.1 Å². The van der Waals surface area contributed by atoms with Gasteiger partial charge in [0.25, 0.3) is 0 Å². The predicted octanol–water partition coefficient (Wildman–Crippen LogP) is 6.02. The van der Waals surface area contributed by atoms with E-state index in [2.05, 4.69) is 4.98 Å². The number of aromatic nitrogens is 1. The number of hydrogen-bond donors (Lipinski definition) is 1. The normalized spacial score (nSPS) is 14.8. The summed E-state index contributed by atoms with van der Waals surface area (Å²) in [5.74, 6) is -0.624. The first-order valence-electron chi connectivity index (χ1n) is 9.63. The molecule has 3 aromatic rings. The van der Waals surface area contributed by atoms with E-state index in [1.54, 1.807) is 12.1 Å². The van der Waals surface area contributed by atoms with E-state index in [0.717, 1.165) is 33.7 Å². The lowest BCUT2D eigenvalue weighted by Gasteiger charge is -2.19. The van der Waals surface area contributed by atoms with Crippen LogP contribution in [0.15, 0.2) is 59.0 Å². The molecule has 1 aliphatic rings. The van der Waals surface area contributed by atoms with Gasteiger partial charge in [0.2, 0.25) is 0 Å². The second-order valence-electron chi connectivity index (χ2n) is 7.17. The van der Waals surface area contributed by atoms with Gasteiger partial charge in [0.15, 0.2) is 5.78 Å². The third kappa shape index (κ3) is 5.12. The van der Waals surface area contributed by atoms with E-state index in [1.165, 1.54) is 35.2 Å². The number of fused-ring (bicyclic) bond motifs is 1. The Hall–Kier alpha value is -3.11. The van der Waals surface area contributed by atoms with Crippen LogP contribution in [0.4, 0.5) is 13.2 Å². The molecule has 0 bridgehead atoms. The Morgan fingerprint density at radius 1 is 1.24 bits per heavy atom. The molecule has 0 aliphatic carbocycles. The zero-order valence-electron chi connectivity index (χ0n) is 17.1. The van der Waals surface area contributed by atoms with Crippen molar-refractivity contribution in [3.63, 3.8) is 0 Å². The van der Waals surface area contributed by atoms with E-state index in [0.29, 0.717) is 27.6 Å². The van der Waals surface area contributed by atoms with Crippen LogP contribution in [0, 0.1) is 6.92 Å². The molecule has 2 aromatic carbocycles. The predicted molar refractivity (Wildman–Crippen MR) is 119 cm³/mol. The van der Waals surface area contributed by atoms with Crippen LogP contribution in [0.3, 0.4) is 0 Å². The van der Waals surface area contributed by atoms with Crippen molar-refractivity contribution < 1.29 is 32.6 Å².